The molecule has 0 fully saturated rings. The number of fused-ring (bicyclic) bond motifs is 1. The first-order valence-electron chi connectivity index (χ1n) is 8.43. The van der Waals surface area contributed by atoms with Crippen LogP contribution in [0.1, 0.15) is 38.0 Å². The van der Waals surface area contributed by atoms with Crippen molar-refractivity contribution >= 4 is 23.6 Å². The molecule has 1 aliphatic rings. The van der Waals surface area contributed by atoms with Crippen molar-refractivity contribution < 1.29 is 19.2 Å². The summed E-state index contributed by atoms with van der Waals surface area (Å²) in [7, 11) is 0. The molecule has 1 unspecified atom stereocenters. The number of hydrogen-bond donors (Lipinski definition) is 2. The summed E-state index contributed by atoms with van der Waals surface area (Å²) in [6.45, 7) is 1.87. The molecule has 0 spiro atoms. The van der Waals surface area contributed by atoms with Crippen LogP contribution in [0.2, 0.25) is 0 Å². The Hall–Kier alpha value is -3.55. The maximum Gasteiger partial charge on any atom is 0.262 e. The number of hydrogen-bond acceptors (Lipinski definition) is 5. The lowest BCUT2D eigenvalue weighted by molar-refractivity contribution is -0.124. The van der Waals surface area contributed by atoms with E-state index in [1.54, 1.807) is 36.4 Å². The lowest BCUT2D eigenvalue weighted by Gasteiger charge is -2.21. The molecule has 8 nitrogen and oxygen atoms in total. The van der Waals surface area contributed by atoms with E-state index >= 15 is 0 Å². The van der Waals surface area contributed by atoms with Crippen LogP contribution in [0.4, 0.5) is 0 Å². The first kappa shape index (κ1) is 18.2. The maximum atomic E-state index is 12.4. The molecule has 0 saturated heterocycles. The summed E-state index contributed by atoms with van der Waals surface area (Å²) in [6.07, 6.45) is 3.03. The number of nitrogens with zero attached hydrogens (tertiary/aromatic N) is 2. The molecule has 1 aromatic carbocycles. The first-order valence-corrected chi connectivity index (χ1v) is 8.43. The summed E-state index contributed by atoms with van der Waals surface area (Å²) >= 11 is 0. The maximum absolute atomic E-state index is 12.4. The SMILES string of the molecule is CC(C(=O)NCCNC(=O)c1ccncc1)N1C(=O)c2ccccc2C1=O. The van der Waals surface area contributed by atoms with E-state index in [1.165, 1.54) is 19.3 Å². The monoisotopic (exact) mass is 366 g/mol. The van der Waals surface area contributed by atoms with Crippen molar-refractivity contribution in [2.75, 3.05) is 13.1 Å². The summed E-state index contributed by atoms with van der Waals surface area (Å²) < 4.78 is 0. The third-order valence-electron chi connectivity index (χ3n) is 4.24. The molecule has 8 heteroatoms. The molecule has 4 amide bonds. The van der Waals surface area contributed by atoms with Gasteiger partial charge in [0.25, 0.3) is 17.7 Å². The van der Waals surface area contributed by atoms with E-state index in [2.05, 4.69) is 15.6 Å². The minimum absolute atomic E-state index is 0.170. The van der Waals surface area contributed by atoms with Crippen molar-refractivity contribution in [3.63, 3.8) is 0 Å². The lowest BCUT2D eigenvalue weighted by atomic mass is 10.1. The fourth-order valence-electron chi connectivity index (χ4n) is 2.79. The fourth-order valence-corrected chi connectivity index (χ4v) is 2.79. The zero-order valence-electron chi connectivity index (χ0n) is 14.6. The number of imide groups is 1. The summed E-state index contributed by atoms with van der Waals surface area (Å²) in [5, 5.41) is 5.29. The van der Waals surface area contributed by atoms with Gasteiger partial charge in [0.1, 0.15) is 6.04 Å². The van der Waals surface area contributed by atoms with Gasteiger partial charge in [-0.2, -0.15) is 0 Å². The Kier molecular flexibility index (Phi) is 5.25. The number of benzene rings is 1. The number of pyridine rings is 1. The van der Waals surface area contributed by atoms with Crippen LogP contribution in [0, 0.1) is 0 Å². The van der Waals surface area contributed by atoms with Gasteiger partial charge in [0.2, 0.25) is 5.91 Å². The molecule has 2 heterocycles. The van der Waals surface area contributed by atoms with Gasteiger partial charge >= 0.3 is 0 Å². The fraction of sp³-hybridized carbons (Fsp3) is 0.211. The third-order valence-corrected chi connectivity index (χ3v) is 4.24. The molecule has 27 heavy (non-hydrogen) atoms. The van der Waals surface area contributed by atoms with Crippen LogP contribution >= 0.6 is 0 Å². The van der Waals surface area contributed by atoms with Crippen molar-refractivity contribution in [1.82, 2.24) is 20.5 Å². The molecule has 1 atom stereocenters. The number of aromatic nitrogens is 1. The van der Waals surface area contributed by atoms with Crippen molar-refractivity contribution in [2.24, 2.45) is 0 Å². The predicted molar refractivity (Wildman–Crippen MR) is 96.0 cm³/mol. The number of carbonyl (C=O) groups excluding carboxylic acids is 4. The second-order valence-electron chi connectivity index (χ2n) is 5.98. The molecule has 0 aliphatic carbocycles. The summed E-state index contributed by atoms with van der Waals surface area (Å²) in [5.41, 5.74) is 1.06. The van der Waals surface area contributed by atoms with E-state index in [-0.39, 0.29) is 19.0 Å². The summed E-state index contributed by atoms with van der Waals surface area (Å²) in [6, 6.07) is 8.68. The molecule has 138 valence electrons. The average molecular weight is 366 g/mol. The predicted octanol–water partition coefficient (Wildman–Crippen LogP) is 0.612. The molecule has 1 aromatic heterocycles. The van der Waals surface area contributed by atoms with Gasteiger partial charge in [0.15, 0.2) is 0 Å². The van der Waals surface area contributed by atoms with Crippen molar-refractivity contribution in [3.05, 3.63) is 65.5 Å². The quantitative estimate of drug-likeness (QED) is 0.575. The smallest absolute Gasteiger partial charge is 0.262 e. The minimum Gasteiger partial charge on any atom is -0.353 e. The number of amides is 4. The topological polar surface area (TPSA) is 108 Å². The molecule has 2 aromatic rings. The summed E-state index contributed by atoms with van der Waals surface area (Å²) in [4.78, 5) is 53.8. The molecular formula is C19H18N4O4. The Morgan fingerprint density at radius 1 is 0.963 bits per heavy atom. The Balaban J connectivity index is 1.51. The highest BCUT2D eigenvalue weighted by molar-refractivity contribution is 6.22. The van der Waals surface area contributed by atoms with Crippen LogP contribution in [0.5, 0.6) is 0 Å². The Morgan fingerprint density at radius 2 is 1.52 bits per heavy atom. The zero-order valence-corrected chi connectivity index (χ0v) is 14.6. The largest absolute Gasteiger partial charge is 0.353 e. The number of carbonyl (C=O) groups is 4. The van der Waals surface area contributed by atoms with E-state index in [9.17, 15) is 19.2 Å². The second kappa shape index (κ2) is 7.77. The van der Waals surface area contributed by atoms with Crippen molar-refractivity contribution in [3.8, 4) is 0 Å². The standard InChI is InChI=1S/C19H18N4O4/c1-12(23-18(26)14-4-2-3-5-15(14)19(23)27)16(24)21-10-11-22-17(25)13-6-8-20-9-7-13/h2-9,12H,10-11H2,1H3,(H,21,24)(H,22,25). The van der Waals surface area contributed by atoms with Crippen molar-refractivity contribution in [2.45, 2.75) is 13.0 Å². The highest BCUT2D eigenvalue weighted by atomic mass is 16.2. The van der Waals surface area contributed by atoms with E-state index in [4.69, 9.17) is 0 Å². The van der Waals surface area contributed by atoms with Crippen molar-refractivity contribution in [1.29, 1.82) is 0 Å². The van der Waals surface area contributed by atoms with E-state index in [0.717, 1.165) is 4.90 Å². The van der Waals surface area contributed by atoms with Gasteiger partial charge in [-0.3, -0.25) is 29.1 Å². The number of nitrogens with one attached hydrogen (secondary N) is 2. The van der Waals surface area contributed by atoms with Gasteiger partial charge in [-0.15, -0.1) is 0 Å². The van der Waals surface area contributed by atoms with Crippen LogP contribution in [-0.2, 0) is 4.79 Å². The molecule has 3 rings (SSSR count). The molecule has 1 aliphatic heterocycles. The third kappa shape index (κ3) is 3.69. The molecule has 0 radical (unpaired) electrons. The normalized spacial score (nSPS) is 13.9. The molecule has 0 bridgehead atoms. The minimum atomic E-state index is -0.951. The van der Waals surface area contributed by atoms with Crippen LogP contribution < -0.4 is 10.6 Å². The van der Waals surface area contributed by atoms with E-state index in [0.29, 0.717) is 16.7 Å². The van der Waals surface area contributed by atoms with Crippen LogP contribution in [0.3, 0.4) is 0 Å². The Bertz CT molecular complexity index is 863. The molecule has 0 saturated carbocycles. The average Bonchev–Trinajstić information content (AvgIpc) is 2.95. The van der Waals surface area contributed by atoms with Gasteiger partial charge in [-0.1, -0.05) is 12.1 Å². The van der Waals surface area contributed by atoms with E-state index in [1.807, 2.05) is 0 Å². The van der Waals surface area contributed by atoms with Gasteiger partial charge in [-0.25, -0.2) is 0 Å². The van der Waals surface area contributed by atoms with Crippen LogP contribution in [0.25, 0.3) is 0 Å². The van der Waals surface area contributed by atoms with Gasteiger partial charge < -0.3 is 10.6 Å². The van der Waals surface area contributed by atoms with Gasteiger partial charge in [-0.05, 0) is 31.2 Å². The summed E-state index contributed by atoms with van der Waals surface area (Å²) in [5.74, 6) is -1.71. The second-order valence-corrected chi connectivity index (χ2v) is 5.98. The first-order chi connectivity index (χ1) is 13.0. The zero-order chi connectivity index (χ0) is 19.4. The molecular weight excluding hydrogens is 348 g/mol. The Labute approximate surface area is 155 Å². The highest BCUT2D eigenvalue weighted by Gasteiger charge is 2.40. The van der Waals surface area contributed by atoms with E-state index < -0.39 is 23.8 Å². The molecule has 2 N–H and O–H groups in total. The Morgan fingerprint density at radius 3 is 2.11 bits per heavy atom. The highest BCUT2D eigenvalue weighted by Crippen LogP contribution is 2.24. The van der Waals surface area contributed by atoms with Gasteiger partial charge in [0, 0.05) is 31.0 Å². The lowest BCUT2D eigenvalue weighted by Crippen LogP contribution is -2.49. The van der Waals surface area contributed by atoms with Gasteiger partial charge in [0.05, 0.1) is 11.1 Å². The van der Waals surface area contributed by atoms with Crippen LogP contribution in [-0.4, -0.2) is 52.6 Å². The number of rotatable bonds is 6. The van der Waals surface area contributed by atoms with Crippen LogP contribution in [0.15, 0.2) is 48.8 Å².